The van der Waals surface area contributed by atoms with Crippen molar-refractivity contribution in [3.8, 4) is 11.3 Å². The molecule has 5 rings (SSSR count). The molecule has 8 nitrogen and oxygen atoms in total. The Balaban J connectivity index is 1.32. The van der Waals surface area contributed by atoms with E-state index in [1.54, 1.807) is 6.20 Å². The number of anilines is 2. The second-order valence-corrected chi connectivity index (χ2v) is 8.09. The van der Waals surface area contributed by atoms with E-state index in [9.17, 15) is 0 Å². The minimum absolute atomic E-state index is 0.748. The van der Waals surface area contributed by atoms with Gasteiger partial charge in [-0.05, 0) is 31.2 Å². The lowest BCUT2D eigenvalue weighted by atomic mass is 10.1. The summed E-state index contributed by atoms with van der Waals surface area (Å²) in [6, 6.07) is 8.64. The Bertz CT molecular complexity index is 1140. The van der Waals surface area contributed by atoms with Gasteiger partial charge in [-0.15, -0.1) is 0 Å². The van der Waals surface area contributed by atoms with Crippen LogP contribution < -0.4 is 5.32 Å². The quantitative estimate of drug-likeness (QED) is 0.502. The molecule has 0 spiro atoms. The van der Waals surface area contributed by atoms with Crippen molar-refractivity contribution in [3.05, 3.63) is 60.3 Å². The zero-order valence-electron chi connectivity index (χ0n) is 18.0. The molecule has 2 N–H and O–H groups in total. The number of aromatic nitrogens is 5. The minimum atomic E-state index is 0.748. The molecule has 1 saturated heterocycles. The van der Waals surface area contributed by atoms with Gasteiger partial charge in [0, 0.05) is 56.4 Å². The Morgan fingerprint density at radius 1 is 1.03 bits per heavy atom. The Morgan fingerprint density at radius 2 is 1.81 bits per heavy atom. The van der Waals surface area contributed by atoms with E-state index in [-0.39, 0.29) is 0 Å². The maximum atomic E-state index is 4.69. The largest absolute Gasteiger partial charge is 0.337 e. The van der Waals surface area contributed by atoms with Gasteiger partial charge in [-0.25, -0.2) is 9.97 Å². The van der Waals surface area contributed by atoms with Gasteiger partial charge < -0.3 is 10.2 Å². The number of aromatic amines is 1. The van der Waals surface area contributed by atoms with E-state index < -0.39 is 0 Å². The molecule has 0 amide bonds. The summed E-state index contributed by atoms with van der Waals surface area (Å²) in [7, 11) is 0. The van der Waals surface area contributed by atoms with E-state index in [1.807, 2.05) is 25.5 Å². The maximum Gasteiger partial charge on any atom is 0.180 e. The second kappa shape index (κ2) is 8.49. The van der Waals surface area contributed by atoms with E-state index in [4.69, 9.17) is 4.98 Å². The Morgan fingerprint density at radius 3 is 2.52 bits per heavy atom. The van der Waals surface area contributed by atoms with Crippen molar-refractivity contribution in [2.45, 2.75) is 20.4 Å². The lowest BCUT2D eigenvalue weighted by Crippen LogP contribution is -2.45. The third-order valence-electron chi connectivity index (χ3n) is 5.94. The van der Waals surface area contributed by atoms with Crippen molar-refractivity contribution < 1.29 is 0 Å². The fourth-order valence-corrected chi connectivity index (χ4v) is 4.15. The summed E-state index contributed by atoms with van der Waals surface area (Å²) in [5.74, 6) is 0.748. The van der Waals surface area contributed by atoms with Gasteiger partial charge >= 0.3 is 0 Å². The predicted octanol–water partition coefficient (Wildman–Crippen LogP) is 3.31. The number of nitrogens with zero attached hydrogens (tertiary/aromatic N) is 6. The van der Waals surface area contributed by atoms with Crippen molar-refractivity contribution in [3.63, 3.8) is 0 Å². The van der Waals surface area contributed by atoms with Crippen LogP contribution in [0.2, 0.25) is 0 Å². The van der Waals surface area contributed by atoms with Crippen LogP contribution in [0, 0.1) is 6.92 Å². The monoisotopic (exact) mass is 416 g/mol. The molecule has 0 saturated carbocycles. The van der Waals surface area contributed by atoms with Crippen LogP contribution in [-0.4, -0.2) is 67.1 Å². The zero-order chi connectivity index (χ0) is 21.2. The van der Waals surface area contributed by atoms with Crippen LogP contribution in [0.3, 0.4) is 0 Å². The number of aryl methyl sites for hydroxylation is 1. The Hall–Kier alpha value is -3.23. The highest BCUT2D eigenvalue weighted by Gasteiger charge is 2.16. The average molecular weight is 417 g/mol. The van der Waals surface area contributed by atoms with Crippen molar-refractivity contribution in [2.75, 3.05) is 38.0 Å². The Kier molecular flexibility index (Phi) is 5.40. The van der Waals surface area contributed by atoms with Crippen LogP contribution >= 0.6 is 0 Å². The first-order valence-electron chi connectivity index (χ1n) is 10.8. The molecule has 31 heavy (non-hydrogen) atoms. The maximum absolute atomic E-state index is 4.69. The van der Waals surface area contributed by atoms with Gasteiger partial charge in [0.1, 0.15) is 0 Å². The lowest BCUT2D eigenvalue weighted by Gasteiger charge is -2.34. The zero-order valence-corrected chi connectivity index (χ0v) is 18.0. The molecule has 1 aliphatic rings. The standard InChI is InChI=1S/C23H28N8/c1-3-29-8-10-30(11-9-29)16-18-4-6-20(7-5-18)28-22-23-24-14-21(19-12-25-26-13-19)31(23)15-17(2)27-22/h4-7,12-15H,3,8-11,16H2,1-2H3,(H,25,26)(H,27,28). The molecular formula is C23H28N8. The smallest absolute Gasteiger partial charge is 0.180 e. The van der Waals surface area contributed by atoms with Crippen molar-refractivity contribution in [2.24, 2.45) is 0 Å². The fraction of sp³-hybridized carbons (Fsp3) is 0.348. The first-order chi connectivity index (χ1) is 15.2. The molecule has 4 heterocycles. The molecule has 1 aliphatic heterocycles. The van der Waals surface area contributed by atoms with Crippen LogP contribution in [0.1, 0.15) is 18.2 Å². The number of likely N-dealkylation sites (N-methyl/N-ethyl adjacent to an activating group) is 1. The molecule has 8 heteroatoms. The Labute approximate surface area is 181 Å². The van der Waals surface area contributed by atoms with Crippen molar-refractivity contribution in [1.29, 1.82) is 0 Å². The van der Waals surface area contributed by atoms with Crippen LogP contribution in [0.5, 0.6) is 0 Å². The molecule has 0 aliphatic carbocycles. The van der Waals surface area contributed by atoms with Crippen molar-refractivity contribution >= 4 is 17.2 Å². The number of fused-ring (bicyclic) bond motifs is 1. The van der Waals surface area contributed by atoms with E-state index in [0.717, 1.165) is 73.4 Å². The molecule has 0 atom stereocenters. The molecule has 1 aromatic carbocycles. The highest BCUT2D eigenvalue weighted by atomic mass is 15.3. The summed E-state index contributed by atoms with van der Waals surface area (Å²) in [5.41, 5.74) is 6.03. The SMILES string of the molecule is CCN1CCN(Cc2ccc(Nc3nc(C)cn4c(-c5cn[nH]c5)cnc34)cc2)CC1. The third-order valence-corrected chi connectivity index (χ3v) is 5.94. The van der Waals surface area contributed by atoms with E-state index in [1.165, 1.54) is 5.56 Å². The van der Waals surface area contributed by atoms with Gasteiger partial charge in [-0.2, -0.15) is 5.10 Å². The summed E-state index contributed by atoms with van der Waals surface area (Å²) >= 11 is 0. The van der Waals surface area contributed by atoms with Crippen LogP contribution in [-0.2, 0) is 6.54 Å². The van der Waals surface area contributed by atoms with Gasteiger partial charge in [-0.1, -0.05) is 19.1 Å². The number of piperazine rings is 1. The number of nitrogens with one attached hydrogen (secondary N) is 2. The number of imidazole rings is 1. The summed E-state index contributed by atoms with van der Waals surface area (Å²) in [6.45, 7) is 11.0. The first kappa shape index (κ1) is 19.7. The third kappa shape index (κ3) is 4.17. The summed E-state index contributed by atoms with van der Waals surface area (Å²) < 4.78 is 2.06. The molecule has 0 unspecified atom stereocenters. The van der Waals surface area contributed by atoms with Crippen molar-refractivity contribution in [1.82, 2.24) is 34.4 Å². The fourth-order valence-electron chi connectivity index (χ4n) is 4.15. The van der Waals surface area contributed by atoms with Gasteiger partial charge in [-0.3, -0.25) is 14.4 Å². The molecule has 3 aromatic heterocycles. The van der Waals surface area contributed by atoms with E-state index >= 15 is 0 Å². The van der Waals surface area contributed by atoms with Crippen LogP contribution in [0.4, 0.5) is 11.5 Å². The summed E-state index contributed by atoms with van der Waals surface area (Å²) in [4.78, 5) is 14.3. The topological polar surface area (TPSA) is 77.4 Å². The van der Waals surface area contributed by atoms with Crippen LogP contribution in [0.15, 0.2) is 49.1 Å². The van der Waals surface area contributed by atoms with Gasteiger partial charge in [0.15, 0.2) is 11.5 Å². The molecule has 4 aromatic rings. The summed E-state index contributed by atoms with van der Waals surface area (Å²) in [5, 5.41) is 10.4. The average Bonchev–Trinajstić information content (AvgIpc) is 3.45. The molecule has 0 radical (unpaired) electrons. The first-order valence-corrected chi connectivity index (χ1v) is 10.8. The van der Waals surface area contributed by atoms with Crippen LogP contribution in [0.25, 0.3) is 16.9 Å². The van der Waals surface area contributed by atoms with E-state index in [0.29, 0.717) is 0 Å². The number of benzene rings is 1. The van der Waals surface area contributed by atoms with Gasteiger partial charge in [0.05, 0.1) is 23.8 Å². The molecular weight excluding hydrogens is 388 g/mol. The number of hydrogen-bond donors (Lipinski definition) is 2. The highest BCUT2D eigenvalue weighted by molar-refractivity contribution is 5.74. The summed E-state index contributed by atoms with van der Waals surface area (Å²) in [6.07, 6.45) is 7.52. The second-order valence-electron chi connectivity index (χ2n) is 8.09. The lowest BCUT2D eigenvalue weighted by molar-refractivity contribution is 0.132. The normalized spacial score (nSPS) is 15.5. The molecule has 0 bridgehead atoms. The number of H-pyrrole nitrogens is 1. The number of rotatable bonds is 6. The van der Waals surface area contributed by atoms with Gasteiger partial charge in [0.2, 0.25) is 0 Å². The highest BCUT2D eigenvalue weighted by Crippen LogP contribution is 2.25. The predicted molar refractivity (Wildman–Crippen MR) is 122 cm³/mol. The molecule has 1 fully saturated rings. The molecule has 160 valence electrons. The minimum Gasteiger partial charge on any atom is -0.337 e. The van der Waals surface area contributed by atoms with Gasteiger partial charge in [0.25, 0.3) is 0 Å². The van der Waals surface area contributed by atoms with E-state index in [2.05, 4.69) is 65.9 Å². The number of hydrogen-bond acceptors (Lipinski definition) is 6.